The van der Waals surface area contributed by atoms with Crippen LogP contribution in [-0.2, 0) is 0 Å². The zero-order chi connectivity index (χ0) is 9.61. The molecule has 0 aliphatic heterocycles. The molecule has 0 fully saturated rings. The zero-order valence-electron chi connectivity index (χ0n) is 9.01. The van der Waals surface area contributed by atoms with Crippen molar-refractivity contribution in [3.63, 3.8) is 0 Å². The molecule has 0 unspecified atom stereocenters. The molecular weight excluding hydrogens is 150 g/mol. The van der Waals surface area contributed by atoms with Crippen molar-refractivity contribution < 1.29 is 4.48 Å². The third-order valence-corrected chi connectivity index (χ3v) is 2.12. The van der Waals surface area contributed by atoms with Crippen LogP contribution in [0.4, 0.5) is 0 Å². The summed E-state index contributed by atoms with van der Waals surface area (Å²) in [4.78, 5) is 2.22. The summed E-state index contributed by atoms with van der Waals surface area (Å²) in [5, 5.41) is 0. The van der Waals surface area contributed by atoms with Crippen molar-refractivity contribution in [2.75, 3.05) is 54.4 Å². The van der Waals surface area contributed by atoms with Gasteiger partial charge >= 0.3 is 0 Å². The Balaban J connectivity index is 3.56. The van der Waals surface area contributed by atoms with Crippen LogP contribution < -0.4 is 5.73 Å². The fourth-order valence-electron chi connectivity index (χ4n) is 1.10. The summed E-state index contributed by atoms with van der Waals surface area (Å²) in [5.74, 6) is 0. The van der Waals surface area contributed by atoms with E-state index < -0.39 is 0 Å². The summed E-state index contributed by atoms with van der Waals surface area (Å²) in [6, 6.07) is 0. The van der Waals surface area contributed by atoms with Gasteiger partial charge in [0.2, 0.25) is 0 Å². The molecule has 0 aromatic carbocycles. The van der Waals surface area contributed by atoms with Crippen LogP contribution in [0.1, 0.15) is 6.42 Å². The Hall–Kier alpha value is -0.120. The van der Waals surface area contributed by atoms with Gasteiger partial charge in [-0.3, -0.25) is 0 Å². The molecule has 12 heavy (non-hydrogen) atoms. The van der Waals surface area contributed by atoms with E-state index in [2.05, 4.69) is 33.1 Å². The second-order valence-electron chi connectivity index (χ2n) is 4.33. The van der Waals surface area contributed by atoms with Gasteiger partial charge in [0.25, 0.3) is 0 Å². The van der Waals surface area contributed by atoms with Gasteiger partial charge in [0.1, 0.15) is 0 Å². The molecule has 0 rings (SSSR count). The maximum atomic E-state index is 5.47. The minimum Gasteiger partial charge on any atom is -0.330 e. The van der Waals surface area contributed by atoms with E-state index in [4.69, 9.17) is 5.73 Å². The second kappa shape index (κ2) is 5.51. The van der Waals surface area contributed by atoms with Gasteiger partial charge < -0.3 is 15.1 Å². The summed E-state index contributed by atoms with van der Waals surface area (Å²) < 4.78 is 1.08. The van der Waals surface area contributed by atoms with Gasteiger partial charge in [0, 0.05) is 13.0 Å². The standard InChI is InChI=1S/C9H24N3/c1-11(2)7-9-12(3,4)8-5-6-10/h5-10H2,1-4H3/q+1. The molecule has 74 valence electrons. The number of quaternary nitrogens is 1. The average molecular weight is 174 g/mol. The Bertz CT molecular complexity index is 110. The molecule has 0 aliphatic carbocycles. The Morgan fingerprint density at radius 2 is 1.75 bits per heavy atom. The number of nitrogens with zero attached hydrogens (tertiary/aromatic N) is 2. The van der Waals surface area contributed by atoms with Gasteiger partial charge in [-0.25, -0.2) is 0 Å². The quantitative estimate of drug-likeness (QED) is 0.573. The Morgan fingerprint density at radius 1 is 1.17 bits per heavy atom. The van der Waals surface area contributed by atoms with Gasteiger partial charge in [-0.1, -0.05) is 0 Å². The SMILES string of the molecule is CN(C)CC[N+](C)(C)CCCN. The van der Waals surface area contributed by atoms with Gasteiger partial charge in [0.15, 0.2) is 0 Å². The molecule has 3 nitrogen and oxygen atoms in total. The van der Waals surface area contributed by atoms with Crippen molar-refractivity contribution in [1.29, 1.82) is 0 Å². The first-order valence-corrected chi connectivity index (χ1v) is 4.65. The molecule has 0 aromatic rings. The number of hydrogen-bond acceptors (Lipinski definition) is 2. The van der Waals surface area contributed by atoms with E-state index in [9.17, 15) is 0 Å². The van der Waals surface area contributed by atoms with Crippen LogP contribution in [-0.4, -0.2) is 63.8 Å². The van der Waals surface area contributed by atoms with E-state index in [0.29, 0.717) is 0 Å². The molecule has 0 saturated heterocycles. The Kier molecular flexibility index (Phi) is 5.46. The molecular formula is C9H24N3+. The van der Waals surface area contributed by atoms with Crippen molar-refractivity contribution in [2.24, 2.45) is 5.73 Å². The van der Waals surface area contributed by atoms with E-state index in [1.54, 1.807) is 0 Å². The maximum Gasteiger partial charge on any atom is 0.0911 e. The fourth-order valence-corrected chi connectivity index (χ4v) is 1.10. The number of hydrogen-bond donors (Lipinski definition) is 1. The zero-order valence-corrected chi connectivity index (χ0v) is 9.01. The second-order valence-corrected chi connectivity index (χ2v) is 4.33. The van der Waals surface area contributed by atoms with Crippen LogP contribution in [0.2, 0.25) is 0 Å². The van der Waals surface area contributed by atoms with Crippen LogP contribution in [0.3, 0.4) is 0 Å². The summed E-state index contributed by atoms with van der Waals surface area (Å²) in [6.07, 6.45) is 1.13. The van der Waals surface area contributed by atoms with Crippen molar-refractivity contribution >= 4 is 0 Å². The lowest BCUT2D eigenvalue weighted by atomic mass is 10.3. The first-order valence-electron chi connectivity index (χ1n) is 4.65. The van der Waals surface area contributed by atoms with Crippen LogP contribution in [0, 0.1) is 0 Å². The van der Waals surface area contributed by atoms with E-state index in [1.807, 2.05) is 0 Å². The average Bonchev–Trinajstić information content (AvgIpc) is 1.98. The van der Waals surface area contributed by atoms with E-state index in [-0.39, 0.29) is 0 Å². The molecule has 2 N–H and O–H groups in total. The lowest BCUT2D eigenvalue weighted by Crippen LogP contribution is -2.45. The molecule has 0 aromatic heterocycles. The highest BCUT2D eigenvalue weighted by atomic mass is 15.3. The minimum absolute atomic E-state index is 0.809. The van der Waals surface area contributed by atoms with E-state index >= 15 is 0 Å². The molecule has 0 radical (unpaired) electrons. The Morgan fingerprint density at radius 3 is 2.17 bits per heavy atom. The molecule has 0 saturated carbocycles. The van der Waals surface area contributed by atoms with Gasteiger partial charge in [-0.15, -0.1) is 0 Å². The molecule has 0 atom stereocenters. The van der Waals surface area contributed by atoms with Gasteiger partial charge in [-0.2, -0.15) is 0 Å². The van der Waals surface area contributed by atoms with Gasteiger partial charge in [0.05, 0.1) is 27.2 Å². The maximum absolute atomic E-state index is 5.47. The molecule has 0 aliphatic rings. The highest BCUT2D eigenvalue weighted by molar-refractivity contribution is 4.43. The molecule has 0 bridgehead atoms. The first-order chi connectivity index (χ1) is 5.48. The van der Waals surface area contributed by atoms with Crippen molar-refractivity contribution in [2.45, 2.75) is 6.42 Å². The highest BCUT2D eigenvalue weighted by Gasteiger charge is 2.13. The number of rotatable bonds is 6. The van der Waals surface area contributed by atoms with Crippen molar-refractivity contribution in [3.8, 4) is 0 Å². The Labute approximate surface area is 76.7 Å². The third kappa shape index (κ3) is 6.58. The van der Waals surface area contributed by atoms with E-state index in [1.165, 1.54) is 13.1 Å². The van der Waals surface area contributed by atoms with Crippen LogP contribution in [0.5, 0.6) is 0 Å². The van der Waals surface area contributed by atoms with Gasteiger partial charge in [-0.05, 0) is 20.6 Å². The minimum atomic E-state index is 0.809. The summed E-state index contributed by atoms with van der Waals surface area (Å²) in [5.41, 5.74) is 5.47. The lowest BCUT2D eigenvalue weighted by molar-refractivity contribution is -0.889. The molecule has 0 amide bonds. The van der Waals surface area contributed by atoms with Crippen molar-refractivity contribution in [3.05, 3.63) is 0 Å². The third-order valence-electron chi connectivity index (χ3n) is 2.12. The fraction of sp³-hybridized carbons (Fsp3) is 1.00. The summed E-state index contributed by atoms with van der Waals surface area (Å²) >= 11 is 0. The highest BCUT2D eigenvalue weighted by Crippen LogP contribution is 1.98. The first kappa shape index (κ1) is 11.9. The van der Waals surface area contributed by atoms with Crippen LogP contribution in [0.15, 0.2) is 0 Å². The monoisotopic (exact) mass is 174 g/mol. The molecule has 0 spiro atoms. The topological polar surface area (TPSA) is 29.3 Å². The van der Waals surface area contributed by atoms with E-state index in [0.717, 1.165) is 24.0 Å². The molecule has 3 heteroatoms. The summed E-state index contributed by atoms with van der Waals surface area (Å²) in [6.45, 7) is 4.35. The normalized spacial score (nSPS) is 12.5. The predicted molar refractivity (Wildman–Crippen MR) is 54.1 cm³/mol. The smallest absolute Gasteiger partial charge is 0.0911 e. The van der Waals surface area contributed by atoms with Crippen LogP contribution in [0.25, 0.3) is 0 Å². The predicted octanol–water partition coefficient (Wildman–Crippen LogP) is -0.0268. The summed E-state index contributed by atoms with van der Waals surface area (Å²) in [7, 11) is 8.75. The lowest BCUT2D eigenvalue weighted by Gasteiger charge is -2.30. The number of nitrogens with two attached hydrogens (primary N) is 1. The largest absolute Gasteiger partial charge is 0.330 e. The molecule has 0 heterocycles. The number of likely N-dealkylation sites (N-methyl/N-ethyl adjacent to an activating group) is 2. The van der Waals surface area contributed by atoms with Crippen LogP contribution >= 0.6 is 0 Å². The van der Waals surface area contributed by atoms with Crippen molar-refractivity contribution in [1.82, 2.24) is 4.90 Å².